The first-order valence-electron chi connectivity index (χ1n) is 7.80. The van der Waals surface area contributed by atoms with E-state index in [1.807, 2.05) is 32.4 Å². The Bertz CT molecular complexity index is 426. The maximum atomic E-state index is 6.31. The van der Waals surface area contributed by atoms with Crippen LogP contribution in [0.15, 0.2) is 18.2 Å². The van der Waals surface area contributed by atoms with Crippen LogP contribution in [0.2, 0.25) is 10.0 Å². The maximum absolute atomic E-state index is 6.31. The molecule has 21 heavy (non-hydrogen) atoms. The van der Waals surface area contributed by atoms with Gasteiger partial charge in [-0.1, -0.05) is 48.5 Å². The standard InChI is InChI=1S/C17H25Cl2NO/c1-20-16(11-13-14(18)9-6-10-15(13)19)17(21-2)12-7-4-3-5-8-12/h6,9-10,12,16-17,20H,3-5,7-8,11H2,1-2H3. The largest absolute Gasteiger partial charge is 0.380 e. The zero-order valence-corrected chi connectivity index (χ0v) is 14.4. The summed E-state index contributed by atoms with van der Waals surface area (Å²) >= 11 is 12.6. The van der Waals surface area contributed by atoms with Crippen LogP contribution in [-0.2, 0) is 11.2 Å². The van der Waals surface area contributed by atoms with Crippen LogP contribution < -0.4 is 5.32 Å². The molecule has 118 valence electrons. The molecule has 0 aromatic heterocycles. The minimum atomic E-state index is 0.211. The zero-order chi connectivity index (χ0) is 15.2. The van der Waals surface area contributed by atoms with Crippen molar-refractivity contribution in [2.24, 2.45) is 5.92 Å². The van der Waals surface area contributed by atoms with Crippen LogP contribution in [0.3, 0.4) is 0 Å². The number of ether oxygens (including phenoxy) is 1. The van der Waals surface area contributed by atoms with E-state index >= 15 is 0 Å². The van der Waals surface area contributed by atoms with Crippen LogP contribution in [0.4, 0.5) is 0 Å². The van der Waals surface area contributed by atoms with Crippen molar-refractivity contribution in [2.45, 2.75) is 50.7 Å². The molecule has 0 saturated heterocycles. The summed E-state index contributed by atoms with van der Waals surface area (Å²) in [5.74, 6) is 0.627. The third kappa shape index (κ3) is 4.35. The first-order valence-corrected chi connectivity index (χ1v) is 8.56. The second-order valence-electron chi connectivity index (χ2n) is 5.90. The van der Waals surface area contributed by atoms with Crippen LogP contribution in [0.25, 0.3) is 0 Å². The lowest BCUT2D eigenvalue weighted by Crippen LogP contribution is -2.45. The lowest BCUT2D eigenvalue weighted by molar-refractivity contribution is 0.0102. The van der Waals surface area contributed by atoms with Crippen molar-refractivity contribution in [3.8, 4) is 0 Å². The van der Waals surface area contributed by atoms with Gasteiger partial charge < -0.3 is 10.1 Å². The number of nitrogens with one attached hydrogen (secondary N) is 1. The number of likely N-dealkylation sites (N-methyl/N-ethyl adjacent to an activating group) is 1. The molecule has 1 saturated carbocycles. The molecule has 0 heterocycles. The minimum Gasteiger partial charge on any atom is -0.380 e. The summed E-state index contributed by atoms with van der Waals surface area (Å²) in [5.41, 5.74) is 1.01. The van der Waals surface area contributed by atoms with E-state index < -0.39 is 0 Å². The molecule has 1 fully saturated rings. The second kappa shape index (κ2) is 8.38. The summed E-state index contributed by atoms with van der Waals surface area (Å²) in [7, 11) is 3.81. The summed E-state index contributed by atoms with van der Waals surface area (Å²) in [6.07, 6.45) is 7.50. The molecule has 1 aromatic rings. The predicted octanol–water partition coefficient (Wildman–Crippen LogP) is 4.72. The van der Waals surface area contributed by atoms with Crippen molar-refractivity contribution >= 4 is 23.2 Å². The van der Waals surface area contributed by atoms with Gasteiger partial charge in [0.05, 0.1) is 6.10 Å². The molecule has 1 aromatic carbocycles. The molecular formula is C17H25Cl2NO. The molecule has 2 rings (SSSR count). The fraction of sp³-hybridized carbons (Fsp3) is 0.647. The average molecular weight is 330 g/mol. The van der Waals surface area contributed by atoms with Crippen LogP contribution in [0.1, 0.15) is 37.7 Å². The van der Waals surface area contributed by atoms with E-state index in [4.69, 9.17) is 27.9 Å². The predicted molar refractivity (Wildman–Crippen MR) is 90.4 cm³/mol. The van der Waals surface area contributed by atoms with Gasteiger partial charge in [-0.2, -0.15) is 0 Å². The number of hydrogen-bond acceptors (Lipinski definition) is 2. The van der Waals surface area contributed by atoms with Gasteiger partial charge in [0.1, 0.15) is 0 Å². The highest BCUT2D eigenvalue weighted by Gasteiger charge is 2.30. The lowest BCUT2D eigenvalue weighted by Gasteiger charge is -2.35. The molecule has 2 nitrogen and oxygen atoms in total. The first-order chi connectivity index (χ1) is 10.2. The number of hydrogen-bond donors (Lipinski definition) is 1. The van der Waals surface area contributed by atoms with E-state index in [0.717, 1.165) is 22.0 Å². The Hall–Kier alpha value is -0.280. The molecule has 0 bridgehead atoms. The lowest BCUT2D eigenvalue weighted by atomic mass is 9.81. The van der Waals surface area contributed by atoms with Crippen LogP contribution >= 0.6 is 23.2 Å². The summed E-state index contributed by atoms with van der Waals surface area (Å²) in [6.45, 7) is 0. The van der Waals surface area contributed by atoms with E-state index in [0.29, 0.717) is 5.92 Å². The quantitative estimate of drug-likeness (QED) is 0.815. The topological polar surface area (TPSA) is 21.3 Å². The Labute approximate surface area is 138 Å². The minimum absolute atomic E-state index is 0.211. The van der Waals surface area contributed by atoms with Crippen molar-refractivity contribution in [1.29, 1.82) is 0 Å². The van der Waals surface area contributed by atoms with Gasteiger partial charge in [0, 0.05) is 23.2 Å². The number of methoxy groups -OCH3 is 1. The second-order valence-corrected chi connectivity index (χ2v) is 6.71. The Morgan fingerprint density at radius 3 is 2.33 bits per heavy atom. The maximum Gasteiger partial charge on any atom is 0.0755 e. The van der Waals surface area contributed by atoms with Crippen LogP contribution in [-0.4, -0.2) is 26.3 Å². The smallest absolute Gasteiger partial charge is 0.0755 e. The van der Waals surface area contributed by atoms with E-state index in [2.05, 4.69) is 5.32 Å². The molecule has 0 amide bonds. The van der Waals surface area contributed by atoms with Gasteiger partial charge in [-0.25, -0.2) is 0 Å². The highest BCUT2D eigenvalue weighted by molar-refractivity contribution is 6.36. The van der Waals surface area contributed by atoms with E-state index in [-0.39, 0.29) is 12.1 Å². The zero-order valence-electron chi connectivity index (χ0n) is 12.9. The van der Waals surface area contributed by atoms with E-state index in [1.165, 1.54) is 32.1 Å². The van der Waals surface area contributed by atoms with Gasteiger partial charge in [0.2, 0.25) is 0 Å². The highest BCUT2D eigenvalue weighted by Crippen LogP contribution is 2.32. The Morgan fingerprint density at radius 2 is 1.81 bits per heavy atom. The Morgan fingerprint density at radius 1 is 1.19 bits per heavy atom. The number of halogens is 2. The Balaban J connectivity index is 2.13. The van der Waals surface area contributed by atoms with Crippen molar-refractivity contribution in [3.05, 3.63) is 33.8 Å². The molecule has 0 aliphatic heterocycles. The van der Waals surface area contributed by atoms with Crippen LogP contribution in [0.5, 0.6) is 0 Å². The Kier molecular flexibility index (Phi) is 6.81. The SMILES string of the molecule is CNC(Cc1c(Cl)cccc1Cl)C(OC)C1CCCCC1. The monoisotopic (exact) mass is 329 g/mol. The summed E-state index contributed by atoms with van der Waals surface area (Å²) < 4.78 is 5.85. The third-order valence-corrected chi connectivity index (χ3v) is 5.35. The molecule has 1 aliphatic rings. The van der Waals surface area contributed by atoms with Gasteiger partial charge >= 0.3 is 0 Å². The third-order valence-electron chi connectivity index (χ3n) is 4.64. The first kappa shape index (κ1) is 17.1. The summed E-state index contributed by atoms with van der Waals surface area (Å²) in [6, 6.07) is 5.92. The van der Waals surface area contributed by atoms with E-state index in [1.54, 1.807) is 0 Å². The summed E-state index contributed by atoms with van der Waals surface area (Å²) in [5, 5.41) is 4.89. The van der Waals surface area contributed by atoms with Crippen LogP contribution in [0, 0.1) is 5.92 Å². The fourth-order valence-electron chi connectivity index (χ4n) is 3.48. The molecule has 0 radical (unpaired) electrons. The van der Waals surface area contributed by atoms with Gasteiger partial charge in [-0.15, -0.1) is 0 Å². The average Bonchev–Trinajstić information content (AvgIpc) is 2.51. The van der Waals surface area contributed by atoms with Gasteiger partial charge in [-0.05, 0) is 49.9 Å². The molecule has 4 heteroatoms. The number of benzene rings is 1. The molecule has 1 aliphatic carbocycles. The number of rotatable bonds is 6. The molecule has 1 N–H and O–H groups in total. The van der Waals surface area contributed by atoms with Gasteiger partial charge in [0.25, 0.3) is 0 Å². The van der Waals surface area contributed by atoms with E-state index in [9.17, 15) is 0 Å². The normalized spacial score (nSPS) is 19.4. The van der Waals surface area contributed by atoms with Crippen molar-refractivity contribution in [1.82, 2.24) is 5.32 Å². The van der Waals surface area contributed by atoms with Crippen molar-refractivity contribution in [2.75, 3.05) is 14.2 Å². The van der Waals surface area contributed by atoms with Crippen molar-refractivity contribution in [3.63, 3.8) is 0 Å². The molecule has 2 atom stereocenters. The molecule has 0 spiro atoms. The highest BCUT2D eigenvalue weighted by atomic mass is 35.5. The van der Waals surface area contributed by atoms with Crippen molar-refractivity contribution < 1.29 is 4.74 Å². The van der Waals surface area contributed by atoms with Gasteiger partial charge in [0.15, 0.2) is 0 Å². The molecular weight excluding hydrogens is 305 g/mol. The van der Waals surface area contributed by atoms with Gasteiger partial charge in [-0.3, -0.25) is 0 Å². The molecule has 2 unspecified atom stereocenters. The fourth-order valence-corrected chi connectivity index (χ4v) is 4.03. The summed E-state index contributed by atoms with van der Waals surface area (Å²) in [4.78, 5) is 0.